The average molecular weight is 593 g/mol. The van der Waals surface area contributed by atoms with Crippen LogP contribution in [0.25, 0.3) is 0 Å². The Labute approximate surface area is 252 Å². The highest BCUT2D eigenvalue weighted by atomic mass is 19.1. The van der Waals surface area contributed by atoms with E-state index in [0.717, 1.165) is 44.1 Å². The highest BCUT2D eigenvalue weighted by molar-refractivity contribution is 5.99. The number of aryl methyl sites for hydroxylation is 1. The minimum absolute atomic E-state index is 0.00794. The zero-order valence-electron chi connectivity index (χ0n) is 25.4. The van der Waals surface area contributed by atoms with Crippen molar-refractivity contribution in [3.8, 4) is 5.75 Å². The molecule has 0 bridgehead atoms. The summed E-state index contributed by atoms with van der Waals surface area (Å²) in [6.07, 6.45) is 1.07. The zero-order chi connectivity index (χ0) is 30.6. The van der Waals surface area contributed by atoms with Gasteiger partial charge in [-0.3, -0.25) is 19.7 Å². The molecular weight excluding hydrogens is 551 g/mol. The Bertz CT molecular complexity index is 1440. The molecule has 2 aliphatic heterocycles. The number of amides is 3. The van der Waals surface area contributed by atoms with E-state index in [4.69, 9.17) is 9.47 Å². The van der Waals surface area contributed by atoms with Crippen LogP contribution in [0.15, 0.2) is 48.5 Å². The Hall–Kier alpha value is -3.96. The van der Waals surface area contributed by atoms with Crippen molar-refractivity contribution < 1.29 is 23.5 Å². The van der Waals surface area contributed by atoms with Gasteiger partial charge < -0.3 is 19.7 Å². The van der Waals surface area contributed by atoms with Gasteiger partial charge >= 0.3 is 6.03 Å². The zero-order valence-corrected chi connectivity index (χ0v) is 25.4. The number of nitrogens with zero attached hydrogens (tertiary/aromatic N) is 4. The first-order valence-corrected chi connectivity index (χ1v) is 14.8. The lowest BCUT2D eigenvalue weighted by atomic mass is 9.92. The van der Waals surface area contributed by atoms with E-state index in [1.807, 2.05) is 49.9 Å². The molecule has 5 rings (SSSR count). The number of carbonyl (C=O) groups excluding carboxylic acids is 2. The molecule has 11 heteroatoms. The molecule has 1 aromatic heterocycles. The van der Waals surface area contributed by atoms with E-state index in [0.29, 0.717) is 43.1 Å². The largest absolute Gasteiger partial charge is 0.490 e. The Balaban J connectivity index is 1.13. The van der Waals surface area contributed by atoms with E-state index in [9.17, 15) is 14.0 Å². The number of rotatable bonds is 7. The van der Waals surface area contributed by atoms with Gasteiger partial charge in [-0.2, -0.15) is 5.10 Å². The van der Waals surface area contributed by atoms with Crippen LogP contribution in [0.2, 0.25) is 0 Å². The van der Waals surface area contributed by atoms with Crippen LogP contribution in [0.5, 0.6) is 5.75 Å². The summed E-state index contributed by atoms with van der Waals surface area (Å²) in [7, 11) is 1.75. The smallest absolute Gasteiger partial charge is 0.324 e. The van der Waals surface area contributed by atoms with Gasteiger partial charge in [0.2, 0.25) is 0 Å². The maximum absolute atomic E-state index is 14.5. The van der Waals surface area contributed by atoms with E-state index < -0.39 is 11.8 Å². The van der Waals surface area contributed by atoms with Gasteiger partial charge in [0.1, 0.15) is 23.5 Å². The first-order valence-electron chi connectivity index (χ1n) is 14.8. The van der Waals surface area contributed by atoms with Gasteiger partial charge in [0.25, 0.3) is 5.91 Å². The summed E-state index contributed by atoms with van der Waals surface area (Å²) in [5.41, 5.74) is 2.75. The quantitative estimate of drug-likeness (QED) is 0.400. The van der Waals surface area contributed by atoms with Crippen molar-refractivity contribution in [1.82, 2.24) is 19.6 Å². The summed E-state index contributed by atoms with van der Waals surface area (Å²) in [6.45, 7) is 11.3. The number of piperidine rings is 1. The van der Waals surface area contributed by atoms with Crippen molar-refractivity contribution in [2.75, 3.05) is 50.0 Å². The molecule has 2 aliphatic rings. The third-order valence-corrected chi connectivity index (χ3v) is 7.73. The Morgan fingerprint density at radius 3 is 2.47 bits per heavy atom. The van der Waals surface area contributed by atoms with Crippen LogP contribution in [0.1, 0.15) is 55.2 Å². The Morgan fingerprint density at radius 2 is 1.77 bits per heavy atom. The van der Waals surface area contributed by atoms with E-state index in [2.05, 4.69) is 26.7 Å². The third kappa shape index (κ3) is 8.11. The number of nitrogens with one attached hydrogen (secondary N) is 2. The summed E-state index contributed by atoms with van der Waals surface area (Å²) >= 11 is 0. The summed E-state index contributed by atoms with van der Waals surface area (Å²) in [5, 5.41) is 9.91. The number of ether oxygens (including phenoxy) is 2. The minimum Gasteiger partial charge on any atom is -0.490 e. The summed E-state index contributed by atoms with van der Waals surface area (Å²) in [6, 6.07) is 13.3. The fraction of sp³-hybridized carbons (Fsp3) is 0.469. The van der Waals surface area contributed by atoms with Crippen LogP contribution in [0, 0.1) is 5.82 Å². The number of likely N-dealkylation sites (tertiary alicyclic amines) is 1. The maximum Gasteiger partial charge on any atom is 0.324 e. The molecule has 3 aromatic rings. The van der Waals surface area contributed by atoms with E-state index in [-0.39, 0.29) is 23.1 Å². The molecule has 43 heavy (non-hydrogen) atoms. The molecule has 0 aliphatic carbocycles. The number of halogens is 1. The molecular formula is C32H41FN6O4. The molecule has 2 aromatic carbocycles. The summed E-state index contributed by atoms with van der Waals surface area (Å²) in [4.78, 5) is 30.1. The van der Waals surface area contributed by atoms with Gasteiger partial charge in [0.05, 0.1) is 18.9 Å². The van der Waals surface area contributed by atoms with E-state index >= 15 is 0 Å². The van der Waals surface area contributed by atoms with Crippen LogP contribution in [-0.2, 0) is 23.7 Å². The molecule has 2 fully saturated rings. The molecule has 3 amide bonds. The van der Waals surface area contributed by atoms with Crippen molar-refractivity contribution >= 4 is 23.4 Å². The van der Waals surface area contributed by atoms with Crippen LogP contribution in [-0.4, -0.2) is 77.0 Å². The number of benzene rings is 2. The second-order valence-electron chi connectivity index (χ2n) is 12.2. The second-order valence-corrected chi connectivity index (χ2v) is 12.2. The number of carbonyl (C=O) groups is 2. The number of urea groups is 1. The average Bonchev–Trinajstić information content (AvgIpc) is 3.34. The van der Waals surface area contributed by atoms with Crippen molar-refractivity contribution in [3.05, 3.63) is 71.2 Å². The van der Waals surface area contributed by atoms with E-state index in [1.165, 1.54) is 12.1 Å². The number of anilines is 2. The van der Waals surface area contributed by atoms with E-state index in [1.54, 1.807) is 17.8 Å². The number of hydrogen-bond acceptors (Lipinski definition) is 6. The van der Waals surface area contributed by atoms with Gasteiger partial charge in [0, 0.05) is 87.5 Å². The Kier molecular flexibility index (Phi) is 9.31. The lowest BCUT2D eigenvalue weighted by Gasteiger charge is -2.32. The highest BCUT2D eigenvalue weighted by Gasteiger charge is 2.26. The van der Waals surface area contributed by atoms with Crippen LogP contribution in [0.3, 0.4) is 0 Å². The predicted molar refractivity (Wildman–Crippen MR) is 163 cm³/mol. The maximum atomic E-state index is 14.5. The first kappa shape index (κ1) is 30.5. The van der Waals surface area contributed by atoms with Crippen molar-refractivity contribution in [1.29, 1.82) is 0 Å². The summed E-state index contributed by atoms with van der Waals surface area (Å²) < 4.78 is 27.6. The highest BCUT2D eigenvalue weighted by Crippen LogP contribution is 2.26. The van der Waals surface area contributed by atoms with Crippen molar-refractivity contribution in [2.45, 2.75) is 51.7 Å². The normalized spacial score (nSPS) is 16.6. The predicted octanol–water partition coefficient (Wildman–Crippen LogP) is 5.02. The monoisotopic (exact) mass is 592 g/mol. The van der Waals surface area contributed by atoms with Gasteiger partial charge in [-0.05, 0) is 23.8 Å². The molecule has 0 atom stereocenters. The van der Waals surface area contributed by atoms with Crippen LogP contribution >= 0.6 is 0 Å². The van der Waals surface area contributed by atoms with Crippen LogP contribution < -0.4 is 15.4 Å². The number of morpholine rings is 1. The fourth-order valence-electron chi connectivity index (χ4n) is 5.30. The molecule has 0 saturated carbocycles. The molecule has 2 saturated heterocycles. The molecule has 0 radical (unpaired) electrons. The SMILES string of the molecule is Cn1nc(C(C)(C)C)cc1NC(=O)Nc1cc(F)cc(OC2CCN(C(=O)c3cccc(CN4CCOCC4)c3)CC2)c1. The molecule has 0 spiro atoms. The van der Waals surface area contributed by atoms with Gasteiger partial charge in [-0.1, -0.05) is 32.9 Å². The van der Waals surface area contributed by atoms with Crippen LogP contribution in [0.4, 0.5) is 20.7 Å². The topological polar surface area (TPSA) is 101 Å². The molecule has 0 unspecified atom stereocenters. The lowest BCUT2D eigenvalue weighted by Crippen LogP contribution is -2.41. The third-order valence-electron chi connectivity index (χ3n) is 7.73. The molecule has 230 valence electrons. The van der Waals surface area contributed by atoms with Gasteiger partial charge in [-0.25, -0.2) is 9.18 Å². The Morgan fingerprint density at radius 1 is 1.02 bits per heavy atom. The second kappa shape index (κ2) is 13.1. The number of aromatic nitrogens is 2. The number of hydrogen-bond donors (Lipinski definition) is 2. The first-order chi connectivity index (χ1) is 20.5. The molecule has 10 nitrogen and oxygen atoms in total. The molecule has 3 heterocycles. The minimum atomic E-state index is -0.520. The lowest BCUT2D eigenvalue weighted by molar-refractivity contribution is 0.0341. The van der Waals surface area contributed by atoms with Gasteiger partial charge in [-0.15, -0.1) is 0 Å². The standard InChI is InChI=1S/C32H41FN6O4/c1-32(2,3)28-20-29(37(4)36-28)35-31(41)34-25-17-24(33)18-27(19-25)43-26-8-10-39(11-9-26)30(40)23-7-5-6-22(16-23)21-38-12-14-42-15-13-38/h5-7,16-20,26H,8-15,21H2,1-4H3,(H2,34,35,41). The van der Waals surface area contributed by atoms with Gasteiger partial charge in [0.15, 0.2) is 0 Å². The molecule has 2 N–H and O–H groups in total. The fourth-order valence-corrected chi connectivity index (χ4v) is 5.30. The van der Waals surface area contributed by atoms with Crippen molar-refractivity contribution in [2.24, 2.45) is 7.05 Å². The summed E-state index contributed by atoms with van der Waals surface area (Å²) in [5.74, 6) is 0.341. The van der Waals surface area contributed by atoms with Crippen molar-refractivity contribution in [3.63, 3.8) is 0 Å².